The molecular weight excluding hydrogens is 277 g/mol. The molecule has 108 valence electrons. The second-order valence-electron chi connectivity index (χ2n) is 4.69. The van der Waals surface area contributed by atoms with Crippen molar-refractivity contribution >= 4 is 11.6 Å². The maximum atomic E-state index is 13.3. The lowest BCUT2D eigenvalue weighted by atomic mass is 10.0. The molecule has 0 saturated carbocycles. The molecule has 3 nitrogen and oxygen atoms in total. The van der Waals surface area contributed by atoms with Crippen molar-refractivity contribution in [1.82, 2.24) is 15.1 Å². The average Bonchev–Trinajstić information content (AvgIpc) is 2.89. The third kappa shape index (κ3) is 3.58. The van der Waals surface area contributed by atoms with Crippen LogP contribution in [0, 0.1) is 5.82 Å². The SMILES string of the molecule is CCNC(Cc1cnn(CC)c1)c1ccc(F)c(Cl)c1. The molecule has 5 heteroatoms. The molecule has 0 saturated heterocycles. The molecule has 0 aliphatic heterocycles. The number of aryl methyl sites for hydroxylation is 1. The van der Waals surface area contributed by atoms with Gasteiger partial charge in [-0.3, -0.25) is 4.68 Å². The van der Waals surface area contributed by atoms with Gasteiger partial charge in [-0.2, -0.15) is 5.10 Å². The molecule has 2 aromatic rings. The standard InChI is InChI=1S/C15H19ClFN3/c1-3-18-15(7-11-9-19-20(4-2)10-11)12-5-6-14(17)13(16)8-12/h5-6,8-10,15,18H,3-4,7H2,1-2H3. The zero-order chi connectivity index (χ0) is 14.5. The first-order valence-electron chi connectivity index (χ1n) is 6.83. The van der Waals surface area contributed by atoms with Crippen molar-refractivity contribution in [1.29, 1.82) is 0 Å². The number of halogens is 2. The molecule has 0 radical (unpaired) electrons. The quantitative estimate of drug-likeness (QED) is 0.882. The van der Waals surface area contributed by atoms with Crippen LogP contribution in [0.2, 0.25) is 5.02 Å². The highest BCUT2D eigenvalue weighted by atomic mass is 35.5. The van der Waals surface area contributed by atoms with Crippen molar-refractivity contribution < 1.29 is 4.39 Å². The van der Waals surface area contributed by atoms with Gasteiger partial charge in [0.1, 0.15) is 5.82 Å². The predicted octanol–water partition coefficient (Wildman–Crippen LogP) is 3.59. The summed E-state index contributed by atoms with van der Waals surface area (Å²) in [5.41, 5.74) is 2.14. The molecule has 1 aromatic heterocycles. The molecule has 0 spiro atoms. The maximum Gasteiger partial charge on any atom is 0.141 e. The second kappa shape index (κ2) is 6.86. The number of nitrogens with zero attached hydrogens (tertiary/aromatic N) is 2. The Kier molecular flexibility index (Phi) is 5.15. The third-order valence-electron chi connectivity index (χ3n) is 3.25. The van der Waals surface area contributed by atoms with Gasteiger partial charge in [-0.05, 0) is 43.1 Å². The van der Waals surface area contributed by atoms with Crippen molar-refractivity contribution in [2.24, 2.45) is 0 Å². The molecule has 2 rings (SSSR count). The molecule has 0 fully saturated rings. The van der Waals surface area contributed by atoms with Gasteiger partial charge in [-0.1, -0.05) is 24.6 Å². The highest BCUT2D eigenvalue weighted by Crippen LogP contribution is 2.23. The topological polar surface area (TPSA) is 29.9 Å². The van der Waals surface area contributed by atoms with Crippen LogP contribution in [0.15, 0.2) is 30.6 Å². The Bertz CT molecular complexity index is 568. The summed E-state index contributed by atoms with van der Waals surface area (Å²) >= 11 is 5.87. The van der Waals surface area contributed by atoms with Crippen LogP contribution >= 0.6 is 11.6 Å². The van der Waals surface area contributed by atoms with E-state index < -0.39 is 0 Å². The van der Waals surface area contributed by atoms with Gasteiger partial charge in [-0.15, -0.1) is 0 Å². The van der Waals surface area contributed by atoms with Crippen molar-refractivity contribution in [3.63, 3.8) is 0 Å². The lowest BCUT2D eigenvalue weighted by Crippen LogP contribution is -2.22. The van der Waals surface area contributed by atoms with Gasteiger partial charge in [0, 0.05) is 18.8 Å². The highest BCUT2D eigenvalue weighted by Gasteiger charge is 2.14. The van der Waals surface area contributed by atoms with E-state index in [0.29, 0.717) is 0 Å². The molecule has 20 heavy (non-hydrogen) atoms. The lowest BCUT2D eigenvalue weighted by Gasteiger charge is -2.18. The van der Waals surface area contributed by atoms with Crippen molar-refractivity contribution in [3.8, 4) is 0 Å². The van der Waals surface area contributed by atoms with Crippen LogP contribution in [0.3, 0.4) is 0 Å². The molecule has 1 atom stereocenters. The van der Waals surface area contributed by atoms with Crippen LogP contribution in [-0.4, -0.2) is 16.3 Å². The Morgan fingerprint density at radius 2 is 2.20 bits per heavy atom. The number of aromatic nitrogens is 2. The Balaban J connectivity index is 2.19. The Morgan fingerprint density at radius 1 is 1.40 bits per heavy atom. The van der Waals surface area contributed by atoms with Gasteiger partial charge in [0.15, 0.2) is 0 Å². The number of hydrogen-bond acceptors (Lipinski definition) is 2. The highest BCUT2D eigenvalue weighted by molar-refractivity contribution is 6.30. The van der Waals surface area contributed by atoms with E-state index in [-0.39, 0.29) is 16.9 Å². The molecule has 1 heterocycles. The number of likely N-dealkylation sites (N-methyl/N-ethyl adjacent to an activating group) is 1. The fourth-order valence-electron chi connectivity index (χ4n) is 2.20. The molecule has 1 N–H and O–H groups in total. The number of hydrogen-bond donors (Lipinski definition) is 1. The monoisotopic (exact) mass is 295 g/mol. The van der Waals surface area contributed by atoms with Gasteiger partial charge in [0.05, 0.1) is 11.2 Å². The van der Waals surface area contributed by atoms with Crippen molar-refractivity contribution in [2.75, 3.05) is 6.54 Å². The summed E-state index contributed by atoms with van der Waals surface area (Å²) in [6, 6.07) is 4.98. The van der Waals surface area contributed by atoms with E-state index in [2.05, 4.69) is 17.3 Å². The zero-order valence-corrected chi connectivity index (χ0v) is 12.5. The lowest BCUT2D eigenvalue weighted by molar-refractivity contribution is 0.547. The fraction of sp³-hybridized carbons (Fsp3) is 0.400. The first kappa shape index (κ1) is 15.0. The molecular formula is C15H19ClFN3. The summed E-state index contributed by atoms with van der Waals surface area (Å²) in [5.74, 6) is -0.385. The zero-order valence-electron chi connectivity index (χ0n) is 11.7. The van der Waals surface area contributed by atoms with Crippen LogP contribution in [0.5, 0.6) is 0 Å². The van der Waals surface area contributed by atoms with E-state index in [1.54, 1.807) is 12.1 Å². The molecule has 0 aliphatic rings. The molecule has 0 aliphatic carbocycles. The first-order chi connectivity index (χ1) is 9.63. The minimum Gasteiger partial charge on any atom is -0.310 e. The summed E-state index contributed by atoms with van der Waals surface area (Å²) < 4.78 is 15.2. The summed E-state index contributed by atoms with van der Waals surface area (Å²) in [6.45, 7) is 5.79. The van der Waals surface area contributed by atoms with Gasteiger partial charge in [0.25, 0.3) is 0 Å². The molecule has 0 amide bonds. The van der Waals surface area contributed by atoms with Gasteiger partial charge >= 0.3 is 0 Å². The van der Waals surface area contributed by atoms with Crippen LogP contribution in [0.25, 0.3) is 0 Å². The predicted molar refractivity (Wildman–Crippen MR) is 79.4 cm³/mol. The van der Waals surface area contributed by atoms with Crippen molar-refractivity contribution in [3.05, 3.63) is 52.6 Å². The Morgan fingerprint density at radius 3 is 2.80 bits per heavy atom. The number of nitrogens with one attached hydrogen (secondary N) is 1. The minimum absolute atomic E-state index is 0.104. The Hall–Kier alpha value is -1.39. The van der Waals surface area contributed by atoms with Crippen LogP contribution in [-0.2, 0) is 13.0 Å². The largest absolute Gasteiger partial charge is 0.310 e. The van der Waals surface area contributed by atoms with E-state index in [1.807, 2.05) is 24.0 Å². The van der Waals surface area contributed by atoms with Crippen molar-refractivity contribution in [2.45, 2.75) is 32.9 Å². The van der Waals surface area contributed by atoms with Gasteiger partial charge in [0.2, 0.25) is 0 Å². The fourth-order valence-corrected chi connectivity index (χ4v) is 2.39. The van der Waals surface area contributed by atoms with E-state index in [0.717, 1.165) is 30.6 Å². The first-order valence-corrected chi connectivity index (χ1v) is 7.21. The summed E-state index contributed by atoms with van der Waals surface area (Å²) in [6.07, 6.45) is 4.71. The summed E-state index contributed by atoms with van der Waals surface area (Å²) in [4.78, 5) is 0. The summed E-state index contributed by atoms with van der Waals surface area (Å²) in [5, 5.41) is 7.84. The van der Waals surface area contributed by atoms with Crippen LogP contribution < -0.4 is 5.32 Å². The van der Waals surface area contributed by atoms with E-state index in [9.17, 15) is 4.39 Å². The minimum atomic E-state index is -0.385. The maximum absolute atomic E-state index is 13.3. The molecule has 1 aromatic carbocycles. The van der Waals surface area contributed by atoms with Crippen LogP contribution in [0.1, 0.15) is 31.0 Å². The second-order valence-corrected chi connectivity index (χ2v) is 5.10. The normalized spacial score (nSPS) is 12.6. The van der Waals surface area contributed by atoms with E-state index in [4.69, 9.17) is 11.6 Å². The average molecular weight is 296 g/mol. The third-order valence-corrected chi connectivity index (χ3v) is 3.54. The van der Waals surface area contributed by atoms with Gasteiger partial charge in [-0.25, -0.2) is 4.39 Å². The van der Waals surface area contributed by atoms with E-state index in [1.165, 1.54) is 6.07 Å². The Labute approximate surface area is 123 Å². The smallest absolute Gasteiger partial charge is 0.141 e. The van der Waals surface area contributed by atoms with Crippen LogP contribution in [0.4, 0.5) is 4.39 Å². The van der Waals surface area contributed by atoms with Gasteiger partial charge < -0.3 is 5.32 Å². The van der Waals surface area contributed by atoms with E-state index >= 15 is 0 Å². The number of benzene rings is 1. The molecule has 0 bridgehead atoms. The summed E-state index contributed by atoms with van der Waals surface area (Å²) in [7, 11) is 0. The number of rotatable bonds is 6. The molecule has 1 unspecified atom stereocenters.